The van der Waals surface area contributed by atoms with Gasteiger partial charge in [-0.25, -0.2) is 0 Å². The van der Waals surface area contributed by atoms with Gasteiger partial charge in [-0.05, 0) is 20.3 Å². The molecule has 1 heterocycles. The number of ether oxygens (including phenoxy) is 1. The van der Waals surface area contributed by atoms with Crippen molar-refractivity contribution in [2.75, 3.05) is 33.4 Å². The number of amides is 1. The molecule has 0 radical (unpaired) electrons. The number of carbonyl (C=O) groups is 1. The Hall–Kier alpha value is -0.820. The number of hydrogen-bond acceptors (Lipinski definition) is 3. The minimum atomic E-state index is -4.26. The van der Waals surface area contributed by atoms with Crippen molar-refractivity contribution >= 4 is 5.91 Å². The largest absolute Gasteiger partial charge is 0.394 e. The lowest BCUT2D eigenvalue weighted by Gasteiger charge is -2.36. The molecule has 1 amide bonds. The number of nitrogens with zero attached hydrogens (tertiary/aromatic N) is 1. The molecule has 0 aromatic carbocycles. The molecule has 1 aliphatic heterocycles. The molecule has 1 rings (SSSR count). The Bertz CT molecular complexity index is 319. The third-order valence-corrected chi connectivity index (χ3v) is 3.65. The van der Waals surface area contributed by atoms with Crippen molar-refractivity contribution in [2.45, 2.75) is 32.0 Å². The highest BCUT2D eigenvalue weighted by atomic mass is 19.4. The summed E-state index contributed by atoms with van der Waals surface area (Å²) in [5.74, 6) is -1.75. The molecule has 112 valence electrons. The van der Waals surface area contributed by atoms with Gasteiger partial charge in [0.2, 0.25) is 5.91 Å². The summed E-state index contributed by atoms with van der Waals surface area (Å²) >= 11 is 0. The van der Waals surface area contributed by atoms with Crippen molar-refractivity contribution in [3.63, 3.8) is 0 Å². The van der Waals surface area contributed by atoms with Crippen molar-refractivity contribution < 1.29 is 22.7 Å². The number of alkyl halides is 3. The van der Waals surface area contributed by atoms with Crippen molar-refractivity contribution in [1.82, 2.24) is 10.2 Å². The highest BCUT2D eigenvalue weighted by Crippen LogP contribution is 2.44. The van der Waals surface area contributed by atoms with Gasteiger partial charge in [-0.15, -0.1) is 0 Å². The van der Waals surface area contributed by atoms with Gasteiger partial charge in [0, 0.05) is 25.7 Å². The van der Waals surface area contributed by atoms with E-state index in [4.69, 9.17) is 4.74 Å². The molecule has 7 heteroatoms. The highest BCUT2D eigenvalue weighted by molar-refractivity contribution is 5.79. The average molecular weight is 282 g/mol. The van der Waals surface area contributed by atoms with E-state index in [1.54, 1.807) is 7.11 Å². The van der Waals surface area contributed by atoms with Crippen molar-refractivity contribution in [2.24, 2.45) is 5.92 Å². The zero-order valence-electron chi connectivity index (χ0n) is 11.5. The summed E-state index contributed by atoms with van der Waals surface area (Å²) < 4.78 is 43.4. The SMILES string of the molecule is COCCNCC(=O)N1CCC(C(F)(F)F)C1(C)C. The minimum absolute atomic E-state index is 0.0275. The van der Waals surface area contributed by atoms with Gasteiger partial charge in [0.1, 0.15) is 0 Å². The maximum absolute atomic E-state index is 12.9. The number of carbonyl (C=O) groups excluding carboxylic acids is 1. The summed E-state index contributed by atoms with van der Waals surface area (Å²) in [4.78, 5) is 13.3. The first kappa shape index (κ1) is 16.2. The Balaban J connectivity index is 2.58. The van der Waals surface area contributed by atoms with E-state index in [1.807, 2.05) is 0 Å². The van der Waals surface area contributed by atoms with Crippen LogP contribution < -0.4 is 5.32 Å². The van der Waals surface area contributed by atoms with Gasteiger partial charge in [0.15, 0.2) is 0 Å². The van der Waals surface area contributed by atoms with Crippen LogP contribution in [0.5, 0.6) is 0 Å². The van der Waals surface area contributed by atoms with Gasteiger partial charge in [0.05, 0.1) is 19.1 Å². The second-order valence-corrected chi connectivity index (χ2v) is 5.25. The molecule has 0 saturated carbocycles. The lowest BCUT2D eigenvalue weighted by Crippen LogP contribution is -2.52. The Morgan fingerprint density at radius 1 is 1.47 bits per heavy atom. The standard InChI is InChI=1S/C12H21F3N2O2/c1-11(2)9(12(13,14)15)4-6-17(11)10(18)8-16-5-7-19-3/h9,16H,4-8H2,1-3H3. The van der Waals surface area contributed by atoms with Crippen LogP contribution >= 0.6 is 0 Å². The topological polar surface area (TPSA) is 41.6 Å². The van der Waals surface area contributed by atoms with Crippen molar-refractivity contribution in [3.8, 4) is 0 Å². The summed E-state index contributed by atoms with van der Waals surface area (Å²) in [5, 5.41) is 2.86. The molecule has 1 atom stereocenters. The van der Waals surface area contributed by atoms with Crippen LogP contribution in [0.1, 0.15) is 20.3 Å². The Labute approximate surface area is 111 Å². The zero-order chi connectivity index (χ0) is 14.7. The quantitative estimate of drug-likeness (QED) is 0.775. The number of hydrogen-bond donors (Lipinski definition) is 1. The summed E-state index contributed by atoms with van der Waals surface area (Å²) in [7, 11) is 1.54. The molecular formula is C12H21F3N2O2. The van der Waals surface area contributed by atoms with Gasteiger partial charge >= 0.3 is 6.18 Å². The van der Waals surface area contributed by atoms with E-state index in [0.29, 0.717) is 13.2 Å². The van der Waals surface area contributed by atoms with E-state index in [1.165, 1.54) is 18.7 Å². The maximum atomic E-state index is 12.9. The van der Waals surface area contributed by atoms with Crippen LogP contribution in [0.4, 0.5) is 13.2 Å². The third-order valence-electron chi connectivity index (χ3n) is 3.65. The molecule has 0 aromatic rings. The van der Waals surface area contributed by atoms with E-state index in [9.17, 15) is 18.0 Å². The summed E-state index contributed by atoms with van der Waals surface area (Å²) in [5.41, 5.74) is -1.18. The molecule has 0 spiro atoms. The molecule has 19 heavy (non-hydrogen) atoms. The lowest BCUT2D eigenvalue weighted by molar-refractivity contribution is -0.192. The predicted octanol–water partition coefficient (Wildman–Crippen LogP) is 1.41. The van der Waals surface area contributed by atoms with Gasteiger partial charge in [0.25, 0.3) is 0 Å². The first-order valence-corrected chi connectivity index (χ1v) is 6.28. The van der Waals surface area contributed by atoms with Gasteiger partial charge in [-0.1, -0.05) is 0 Å². The summed E-state index contributed by atoms with van der Waals surface area (Å²) in [6.07, 6.45) is -4.29. The molecule has 0 aliphatic carbocycles. The van der Waals surface area contributed by atoms with E-state index in [2.05, 4.69) is 5.32 Å². The summed E-state index contributed by atoms with van der Waals surface area (Å²) in [6, 6.07) is 0. The minimum Gasteiger partial charge on any atom is -0.383 e. The lowest BCUT2D eigenvalue weighted by atomic mass is 9.88. The third kappa shape index (κ3) is 3.82. The van der Waals surface area contributed by atoms with E-state index in [0.717, 1.165) is 0 Å². The number of likely N-dealkylation sites (tertiary alicyclic amines) is 1. The molecule has 1 fully saturated rings. The second kappa shape index (κ2) is 6.09. The predicted molar refractivity (Wildman–Crippen MR) is 64.7 cm³/mol. The molecule has 4 nitrogen and oxygen atoms in total. The van der Waals surface area contributed by atoms with Crippen molar-refractivity contribution in [1.29, 1.82) is 0 Å². The average Bonchev–Trinajstić information content (AvgIpc) is 2.59. The Morgan fingerprint density at radius 2 is 2.11 bits per heavy atom. The zero-order valence-corrected chi connectivity index (χ0v) is 11.5. The van der Waals surface area contributed by atoms with Gasteiger partial charge in [-0.2, -0.15) is 13.2 Å². The number of nitrogens with one attached hydrogen (secondary N) is 1. The Morgan fingerprint density at radius 3 is 2.58 bits per heavy atom. The van der Waals surface area contributed by atoms with Crippen molar-refractivity contribution in [3.05, 3.63) is 0 Å². The number of rotatable bonds is 5. The van der Waals surface area contributed by atoms with E-state index in [-0.39, 0.29) is 25.4 Å². The van der Waals surface area contributed by atoms with Crippen LogP contribution in [0, 0.1) is 5.92 Å². The molecule has 0 bridgehead atoms. The van der Waals surface area contributed by atoms with Crippen LogP contribution in [-0.2, 0) is 9.53 Å². The summed E-state index contributed by atoms with van der Waals surface area (Å²) in [6.45, 7) is 4.11. The fraction of sp³-hybridized carbons (Fsp3) is 0.917. The van der Waals surface area contributed by atoms with E-state index >= 15 is 0 Å². The molecule has 1 unspecified atom stereocenters. The Kier molecular flexibility index (Phi) is 5.20. The normalized spacial score (nSPS) is 22.8. The molecule has 1 saturated heterocycles. The maximum Gasteiger partial charge on any atom is 0.394 e. The van der Waals surface area contributed by atoms with Gasteiger partial charge in [-0.3, -0.25) is 4.79 Å². The van der Waals surface area contributed by atoms with Crippen LogP contribution in [0.2, 0.25) is 0 Å². The highest BCUT2D eigenvalue weighted by Gasteiger charge is 2.55. The molecule has 1 aliphatic rings. The number of halogens is 3. The fourth-order valence-electron chi connectivity index (χ4n) is 2.56. The second-order valence-electron chi connectivity index (χ2n) is 5.25. The first-order chi connectivity index (χ1) is 8.71. The monoisotopic (exact) mass is 282 g/mol. The number of methoxy groups -OCH3 is 1. The van der Waals surface area contributed by atoms with E-state index < -0.39 is 17.6 Å². The van der Waals surface area contributed by atoms with Gasteiger partial charge < -0.3 is 15.0 Å². The van der Waals surface area contributed by atoms with Crippen LogP contribution in [-0.4, -0.2) is 55.9 Å². The van der Waals surface area contributed by atoms with Crippen LogP contribution in [0.15, 0.2) is 0 Å². The molecule has 1 N–H and O–H groups in total. The first-order valence-electron chi connectivity index (χ1n) is 6.28. The van der Waals surface area contributed by atoms with Crippen LogP contribution in [0.3, 0.4) is 0 Å². The molecular weight excluding hydrogens is 261 g/mol. The molecule has 0 aromatic heterocycles. The van der Waals surface area contributed by atoms with Crippen LogP contribution in [0.25, 0.3) is 0 Å². The smallest absolute Gasteiger partial charge is 0.383 e. The fourth-order valence-corrected chi connectivity index (χ4v) is 2.56.